The Bertz CT molecular complexity index is 820. The number of thioether (sulfide) groups is 1. The van der Waals surface area contributed by atoms with E-state index < -0.39 is 0 Å². The predicted molar refractivity (Wildman–Crippen MR) is 97.3 cm³/mol. The Kier molecular flexibility index (Phi) is 5.59. The molecule has 1 nitrogen and oxygen atoms in total. The Balaban J connectivity index is 1.64. The van der Waals surface area contributed by atoms with Crippen LogP contribution in [0.15, 0.2) is 52.7 Å². The van der Waals surface area contributed by atoms with Crippen LogP contribution in [0.2, 0.25) is 10.0 Å². The topological polar surface area (TPSA) is 12.9 Å². The number of hydrogen-bond acceptors (Lipinski definition) is 3. The molecule has 0 fully saturated rings. The molecular formula is C17H12Cl2FNS2. The summed E-state index contributed by atoms with van der Waals surface area (Å²) in [5.41, 5.74) is 2.03. The molecule has 23 heavy (non-hydrogen) atoms. The van der Waals surface area contributed by atoms with Gasteiger partial charge in [0.25, 0.3) is 0 Å². The molecule has 1 aromatic heterocycles. The lowest BCUT2D eigenvalue weighted by Crippen LogP contribution is -1.89. The lowest BCUT2D eigenvalue weighted by molar-refractivity contribution is 0.602. The maximum Gasteiger partial charge on any atom is 0.136 e. The van der Waals surface area contributed by atoms with Crippen LogP contribution >= 0.6 is 46.3 Å². The number of halogens is 3. The van der Waals surface area contributed by atoms with E-state index in [1.807, 2.05) is 23.6 Å². The number of benzene rings is 2. The Hall–Kier alpha value is -1.07. The van der Waals surface area contributed by atoms with Gasteiger partial charge in [-0.3, -0.25) is 0 Å². The first-order chi connectivity index (χ1) is 11.1. The molecule has 0 radical (unpaired) electrons. The second kappa shape index (κ2) is 7.67. The van der Waals surface area contributed by atoms with Crippen LogP contribution in [0, 0.1) is 5.82 Å². The van der Waals surface area contributed by atoms with Crippen LogP contribution in [0.5, 0.6) is 0 Å². The van der Waals surface area contributed by atoms with Crippen molar-refractivity contribution in [2.45, 2.75) is 17.1 Å². The molecule has 0 amide bonds. The molecule has 0 bridgehead atoms. The minimum absolute atomic E-state index is 0.191. The first kappa shape index (κ1) is 16.8. The summed E-state index contributed by atoms with van der Waals surface area (Å²) in [6, 6.07) is 12.4. The van der Waals surface area contributed by atoms with Gasteiger partial charge in [-0.1, -0.05) is 41.4 Å². The van der Waals surface area contributed by atoms with Gasteiger partial charge in [0.05, 0.1) is 20.7 Å². The fourth-order valence-electron chi connectivity index (χ4n) is 2.03. The van der Waals surface area contributed by atoms with Crippen molar-refractivity contribution in [2.24, 2.45) is 0 Å². The third-order valence-electron chi connectivity index (χ3n) is 3.15. The molecule has 2 aromatic carbocycles. The molecule has 6 heteroatoms. The van der Waals surface area contributed by atoms with Gasteiger partial charge in [-0.05, 0) is 29.8 Å². The molecule has 0 aliphatic rings. The van der Waals surface area contributed by atoms with E-state index in [-0.39, 0.29) is 5.82 Å². The lowest BCUT2D eigenvalue weighted by Gasteiger charge is -2.01. The molecule has 1 heterocycles. The standard InChI is InChI=1S/C17H12Cl2FNS2/c18-13-6-5-11(7-14(13)19)8-17-21-12(10-23-17)9-22-16-4-2-1-3-15(16)20/h1-7,10H,8-9H2. The summed E-state index contributed by atoms with van der Waals surface area (Å²) in [7, 11) is 0. The molecular weight excluding hydrogens is 372 g/mol. The molecule has 0 unspecified atom stereocenters. The Labute approximate surface area is 152 Å². The van der Waals surface area contributed by atoms with Crippen molar-refractivity contribution >= 4 is 46.3 Å². The Morgan fingerprint density at radius 2 is 1.91 bits per heavy atom. The first-order valence-electron chi connectivity index (χ1n) is 6.86. The van der Waals surface area contributed by atoms with E-state index in [1.165, 1.54) is 17.8 Å². The van der Waals surface area contributed by atoms with Crippen LogP contribution in [-0.4, -0.2) is 4.98 Å². The van der Waals surface area contributed by atoms with Gasteiger partial charge in [0.1, 0.15) is 5.82 Å². The predicted octanol–water partition coefficient (Wildman–Crippen LogP) is 6.47. The van der Waals surface area contributed by atoms with Crippen molar-refractivity contribution in [3.05, 3.63) is 80.0 Å². The maximum absolute atomic E-state index is 13.6. The van der Waals surface area contributed by atoms with E-state index in [0.29, 0.717) is 27.1 Å². The number of rotatable bonds is 5. The fourth-order valence-corrected chi connectivity index (χ4v) is 4.12. The number of aromatic nitrogens is 1. The molecule has 0 N–H and O–H groups in total. The zero-order valence-corrected chi connectivity index (χ0v) is 15.1. The molecule has 0 spiro atoms. The van der Waals surface area contributed by atoms with Gasteiger partial charge in [-0.2, -0.15) is 0 Å². The van der Waals surface area contributed by atoms with Crippen molar-refractivity contribution in [1.82, 2.24) is 4.98 Å². The number of thiazole rings is 1. The van der Waals surface area contributed by atoms with Crippen LogP contribution in [-0.2, 0) is 12.2 Å². The summed E-state index contributed by atoms with van der Waals surface area (Å²) in [5.74, 6) is 0.461. The van der Waals surface area contributed by atoms with E-state index in [0.717, 1.165) is 16.3 Å². The van der Waals surface area contributed by atoms with Crippen LogP contribution in [0.1, 0.15) is 16.3 Å². The summed E-state index contributed by atoms with van der Waals surface area (Å²) in [6.07, 6.45) is 0.714. The van der Waals surface area contributed by atoms with E-state index in [4.69, 9.17) is 23.2 Å². The van der Waals surface area contributed by atoms with Gasteiger partial charge in [-0.25, -0.2) is 9.37 Å². The monoisotopic (exact) mass is 383 g/mol. The Morgan fingerprint density at radius 3 is 2.70 bits per heavy atom. The molecule has 118 valence electrons. The Morgan fingerprint density at radius 1 is 1.09 bits per heavy atom. The molecule has 0 aliphatic heterocycles. The van der Waals surface area contributed by atoms with Gasteiger partial charge >= 0.3 is 0 Å². The van der Waals surface area contributed by atoms with Crippen molar-refractivity contribution in [2.75, 3.05) is 0 Å². The molecule has 3 rings (SSSR count). The maximum atomic E-state index is 13.6. The minimum Gasteiger partial charge on any atom is -0.245 e. The van der Waals surface area contributed by atoms with Gasteiger partial charge in [-0.15, -0.1) is 23.1 Å². The minimum atomic E-state index is -0.191. The van der Waals surface area contributed by atoms with E-state index in [1.54, 1.807) is 29.5 Å². The largest absolute Gasteiger partial charge is 0.245 e. The van der Waals surface area contributed by atoms with Crippen LogP contribution in [0.3, 0.4) is 0 Å². The van der Waals surface area contributed by atoms with Gasteiger partial charge in [0.2, 0.25) is 0 Å². The second-order valence-electron chi connectivity index (χ2n) is 4.88. The van der Waals surface area contributed by atoms with Crippen LogP contribution < -0.4 is 0 Å². The fraction of sp³-hybridized carbons (Fsp3) is 0.118. The average molecular weight is 384 g/mol. The van der Waals surface area contributed by atoms with Crippen LogP contribution in [0.25, 0.3) is 0 Å². The molecule has 0 saturated heterocycles. The highest BCUT2D eigenvalue weighted by atomic mass is 35.5. The smallest absolute Gasteiger partial charge is 0.136 e. The highest BCUT2D eigenvalue weighted by molar-refractivity contribution is 7.98. The lowest BCUT2D eigenvalue weighted by atomic mass is 10.2. The van der Waals surface area contributed by atoms with E-state index in [9.17, 15) is 4.39 Å². The van der Waals surface area contributed by atoms with Crippen molar-refractivity contribution in [3.8, 4) is 0 Å². The average Bonchev–Trinajstić information content (AvgIpc) is 2.98. The summed E-state index contributed by atoms with van der Waals surface area (Å²) < 4.78 is 13.6. The summed E-state index contributed by atoms with van der Waals surface area (Å²) in [6.45, 7) is 0. The molecule has 0 aliphatic carbocycles. The van der Waals surface area contributed by atoms with Crippen LogP contribution in [0.4, 0.5) is 4.39 Å². The zero-order valence-electron chi connectivity index (χ0n) is 11.9. The first-order valence-corrected chi connectivity index (χ1v) is 9.48. The highest BCUT2D eigenvalue weighted by Gasteiger charge is 2.07. The SMILES string of the molecule is Fc1ccccc1SCc1csc(Cc2ccc(Cl)c(Cl)c2)n1. The molecule has 0 saturated carbocycles. The summed E-state index contributed by atoms with van der Waals surface area (Å²) >= 11 is 15.0. The van der Waals surface area contributed by atoms with Crippen molar-refractivity contribution in [3.63, 3.8) is 0 Å². The van der Waals surface area contributed by atoms with Gasteiger partial charge in [0.15, 0.2) is 0 Å². The van der Waals surface area contributed by atoms with Gasteiger partial charge < -0.3 is 0 Å². The van der Waals surface area contributed by atoms with Crippen molar-refractivity contribution in [1.29, 1.82) is 0 Å². The van der Waals surface area contributed by atoms with E-state index >= 15 is 0 Å². The summed E-state index contributed by atoms with van der Waals surface area (Å²) in [5, 5.41) is 4.13. The van der Waals surface area contributed by atoms with Crippen molar-refractivity contribution < 1.29 is 4.39 Å². The normalized spacial score (nSPS) is 10.9. The summed E-state index contributed by atoms with van der Waals surface area (Å²) in [4.78, 5) is 5.25. The quantitative estimate of drug-likeness (QED) is 0.468. The van der Waals surface area contributed by atoms with Gasteiger partial charge in [0, 0.05) is 22.4 Å². The molecule has 0 atom stereocenters. The second-order valence-corrected chi connectivity index (χ2v) is 7.65. The number of nitrogens with zero attached hydrogens (tertiary/aromatic N) is 1. The third-order valence-corrected chi connectivity index (χ3v) is 5.87. The zero-order chi connectivity index (χ0) is 16.2. The molecule has 3 aromatic rings. The number of hydrogen-bond donors (Lipinski definition) is 0. The highest BCUT2D eigenvalue weighted by Crippen LogP contribution is 2.27. The third kappa shape index (κ3) is 4.48. The van der Waals surface area contributed by atoms with E-state index in [2.05, 4.69) is 4.98 Å².